The van der Waals surface area contributed by atoms with E-state index in [4.69, 9.17) is 17.4 Å². The highest BCUT2D eigenvalue weighted by molar-refractivity contribution is 7.89. The van der Waals surface area contributed by atoms with Gasteiger partial charge in [0.15, 0.2) is 5.11 Å². The molecule has 8 heteroatoms. The van der Waals surface area contributed by atoms with Crippen molar-refractivity contribution in [1.29, 1.82) is 0 Å². The average molecular weight is 447 g/mol. The molecule has 3 N–H and O–H groups in total. The molecule has 0 saturated carbocycles. The Morgan fingerprint density at radius 1 is 1.13 bits per heavy atom. The van der Waals surface area contributed by atoms with Gasteiger partial charge in [0.25, 0.3) is 0 Å². The van der Waals surface area contributed by atoms with E-state index in [1.807, 2.05) is 0 Å². The van der Waals surface area contributed by atoms with Crippen LogP contribution in [0, 0.1) is 11.8 Å². The summed E-state index contributed by atoms with van der Waals surface area (Å²) in [7, 11) is -3.69. The summed E-state index contributed by atoms with van der Waals surface area (Å²) in [5.74, 6) is 1.34. The summed E-state index contributed by atoms with van der Waals surface area (Å²) in [4.78, 5) is 5.23. The van der Waals surface area contributed by atoms with Crippen LogP contribution in [0.3, 0.4) is 0 Å². The minimum Gasteiger partial charge on any atom is -0.342 e. The van der Waals surface area contributed by atoms with E-state index in [-0.39, 0.29) is 4.90 Å². The van der Waals surface area contributed by atoms with Gasteiger partial charge in [0.2, 0.25) is 10.0 Å². The summed E-state index contributed by atoms with van der Waals surface area (Å²) in [5, 5.41) is 9.26. The minimum absolute atomic E-state index is 0.110. The van der Waals surface area contributed by atoms with E-state index in [0.29, 0.717) is 17.9 Å². The zero-order valence-electron chi connectivity index (χ0n) is 17.2. The summed E-state index contributed by atoms with van der Waals surface area (Å²) in [6.07, 6.45) is 10.2. The number of hydrogen-bond donors (Lipinski definition) is 2. The van der Waals surface area contributed by atoms with Crippen molar-refractivity contribution in [2.24, 2.45) is 17.0 Å². The molecule has 3 fully saturated rings. The largest absolute Gasteiger partial charge is 0.342 e. The van der Waals surface area contributed by atoms with Crippen LogP contribution in [-0.4, -0.2) is 55.0 Å². The Balaban J connectivity index is 1.35. The highest BCUT2D eigenvalue weighted by Crippen LogP contribution is 2.45. The molecular weight excluding hydrogens is 416 g/mol. The Hall–Kier alpha value is -1.48. The highest BCUT2D eigenvalue weighted by Gasteiger charge is 2.46. The number of anilines is 1. The van der Waals surface area contributed by atoms with Gasteiger partial charge in [-0.3, -0.25) is 4.90 Å². The number of rotatable bonds is 2. The lowest BCUT2D eigenvalue weighted by Gasteiger charge is -2.55. The number of sulfonamides is 1. The van der Waals surface area contributed by atoms with Crippen LogP contribution in [0.5, 0.6) is 0 Å². The van der Waals surface area contributed by atoms with Crippen molar-refractivity contribution in [3.63, 3.8) is 0 Å². The predicted octanol–water partition coefficient (Wildman–Crippen LogP) is 2.93. The molecule has 30 heavy (non-hydrogen) atoms. The second-order valence-corrected chi connectivity index (χ2v) is 11.1. The van der Waals surface area contributed by atoms with Crippen LogP contribution in [0.1, 0.15) is 38.5 Å². The van der Waals surface area contributed by atoms with Gasteiger partial charge in [0, 0.05) is 24.8 Å². The van der Waals surface area contributed by atoms with Crippen LogP contribution in [0.15, 0.2) is 40.8 Å². The molecule has 4 unspecified atom stereocenters. The Bertz CT molecular complexity index is 960. The first-order valence-electron chi connectivity index (χ1n) is 11.1. The number of nitrogens with zero attached hydrogens (tertiary/aromatic N) is 2. The molecule has 3 heterocycles. The lowest BCUT2D eigenvalue weighted by Crippen LogP contribution is -2.60. The normalized spacial score (nSPS) is 31.4. The number of nitrogens with two attached hydrogens (primary N) is 1. The lowest BCUT2D eigenvalue weighted by atomic mass is 9.68. The van der Waals surface area contributed by atoms with Gasteiger partial charge < -0.3 is 10.2 Å². The van der Waals surface area contributed by atoms with Crippen LogP contribution in [0.4, 0.5) is 5.69 Å². The third-order valence-corrected chi connectivity index (χ3v) is 8.62. The van der Waals surface area contributed by atoms with Crippen LogP contribution in [0.25, 0.3) is 0 Å². The van der Waals surface area contributed by atoms with Gasteiger partial charge in [-0.05, 0) is 87.0 Å². The fourth-order valence-electron chi connectivity index (χ4n) is 6.12. The van der Waals surface area contributed by atoms with Crippen molar-refractivity contribution < 1.29 is 8.42 Å². The average Bonchev–Trinajstić information content (AvgIpc) is 2.73. The number of nitrogens with one attached hydrogen (secondary N) is 1. The first kappa shape index (κ1) is 20.4. The number of hydrogen-bond acceptors (Lipinski definition) is 4. The van der Waals surface area contributed by atoms with Crippen LogP contribution < -0.4 is 10.5 Å². The molecule has 4 atom stereocenters. The molecule has 0 spiro atoms. The zero-order chi connectivity index (χ0) is 20.9. The first-order valence-corrected chi connectivity index (χ1v) is 13.0. The standard InChI is InChI=1S/C22H30N4O2S2/c23-30(27,28)19-8-6-18(7-9-19)24-22(29)26-11-3-4-15-12-16-13-17(21(15)26)14-25-10-2-1-5-20(16)25/h6-9,12,16-17,20-21H,1-5,10-11,13-14H2,(H,24,29)(H2,23,27,28). The van der Waals surface area contributed by atoms with E-state index in [2.05, 4.69) is 21.2 Å². The van der Waals surface area contributed by atoms with Gasteiger partial charge in [0.1, 0.15) is 0 Å². The van der Waals surface area contributed by atoms with Gasteiger partial charge in [0.05, 0.1) is 10.9 Å². The summed E-state index contributed by atoms with van der Waals surface area (Å²) >= 11 is 5.82. The van der Waals surface area contributed by atoms with Crippen molar-refractivity contribution in [1.82, 2.24) is 9.80 Å². The third-order valence-electron chi connectivity index (χ3n) is 7.35. The summed E-state index contributed by atoms with van der Waals surface area (Å²) in [6.45, 7) is 3.39. The van der Waals surface area contributed by atoms with Gasteiger partial charge in [-0.15, -0.1) is 0 Å². The zero-order valence-corrected chi connectivity index (χ0v) is 18.8. The van der Waals surface area contributed by atoms with Gasteiger partial charge in [-0.1, -0.05) is 18.1 Å². The van der Waals surface area contributed by atoms with Crippen LogP contribution in [0.2, 0.25) is 0 Å². The SMILES string of the molecule is NS(=O)(=O)c1ccc(NC(=S)N2CCCC3=CC4CC(CN5CCCCC45)C32)cc1. The molecule has 162 valence electrons. The number of primary sulfonamides is 1. The smallest absolute Gasteiger partial charge is 0.238 e. The van der Waals surface area contributed by atoms with Crippen molar-refractivity contribution in [3.05, 3.63) is 35.9 Å². The van der Waals surface area contributed by atoms with Gasteiger partial charge in [-0.2, -0.15) is 0 Å². The maximum Gasteiger partial charge on any atom is 0.238 e. The first-order chi connectivity index (χ1) is 14.4. The molecule has 5 rings (SSSR count). The van der Waals surface area contributed by atoms with Crippen LogP contribution in [-0.2, 0) is 10.0 Å². The highest BCUT2D eigenvalue weighted by atomic mass is 32.2. The fraction of sp³-hybridized carbons (Fsp3) is 0.591. The topological polar surface area (TPSA) is 78.7 Å². The lowest BCUT2D eigenvalue weighted by molar-refractivity contribution is 0.0132. The number of fused-ring (bicyclic) bond motifs is 6. The molecule has 3 aliphatic heterocycles. The molecule has 0 radical (unpaired) electrons. The maximum absolute atomic E-state index is 11.5. The van der Waals surface area contributed by atoms with Crippen molar-refractivity contribution >= 4 is 33.0 Å². The Morgan fingerprint density at radius 3 is 2.70 bits per heavy atom. The Morgan fingerprint density at radius 2 is 1.93 bits per heavy atom. The van der Waals surface area contributed by atoms with Crippen molar-refractivity contribution in [3.8, 4) is 0 Å². The van der Waals surface area contributed by atoms with E-state index >= 15 is 0 Å². The maximum atomic E-state index is 11.5. The summed E-state index contributed by atoms with van der Waals surface area (Å²) in [6, 6.07) is 7.63. The molecule has 0 amide bonds. The van der Waals surface area contributed by atoms with Gasteiger partial charge >= 0.3 is 0 Å². The monoisotopic (exact) mass is 446 g/mol. The number of piperidine rings is 3. The van der Waals surface area contributed by atoms with E-state index in [0.717, 1.165) is 29.8 Å². The quantitative estimate of drug-likeness (QED) is 0.537. The number of likely N-dealkylation sites (tertiary alicyclic amines) is 1. The van der Waals surface area contributed by atoms with E-state index in [1.165, 1.54) is 57.3 Å². The summed E-state index contributed by atoms with van der Waals surface area (Å²) in [5.41, 5.74) is 2.37. The second kappa shape index (κ2) is 7.89. The van der Waals surface area contributed by atoms with E-state index in [9.17, 15) is 8.42 Å². The van der Waals surface area contributed by atoms with Gasteiger partial charge in [-0.25, -0.2) is 13.6 Å². The third kappa shape index (κ3) is 3.79. The van der Waals surface area contributed by atoms with Crippen LogP contribution >= 0.6 is 12.2 Å². The summed E-state index contributed by atoms with van der Waals surface area (Å²) < 4.78 is 23.0. The Labute approximate surface area is 184 Å². The number of thiocarbonyl (C=S) groups is 1. The van der Waals surface area contributed by atoms with E-state index in [1.54, 1.807) is 17.7 Å². The predicted molar refractivity (Wildman–Crippen MR) is 123 cm³/mol. The Kier molecular flexibility index (Phi) is 5.37. The number of benzene rings is 1. The minimum atomic E-state index is -3.69. The molecule has 1 aromatic carbocycles. The van der Waals surface area contributed by atoms with E-state index < -0.39 is 10.0 Å². The molecule has 1 aliphatic carbocycles. The molecule has 3 saturated heterocycles. The van der Waals surface area contributed by atoms with Crippen molar-refractivity contribution in [2.75, 3.05) is 25.0 Å². The molecule has 4 aliphatic rings. The molecular formula is C22H30N4O2S2. The van der Waals surface area contributed by atoms with Crippen molar-refractivity contribution in [2.45, 2.75) is 55.5 Å². The fourth-order valence-corrected chi connectivity index (χ4v) is 6.96. The molecule has 0 aromatic heterocycles. The second-order valence-electron chi connectivity index (χ2n) is 9.20. The molecule has 1 aromatic rings. The molecule has 6 nitrogen and oxygen atoms in total. The molecule has 2 bridgehead atoms.